The zero-order valence-corrected chi connectivity index (χ0v) is 12.6. The van der Waals surface area contributed by atoms with Gasteiger partial charge in [0, 0.05) is 0 Å². The first kappa shape index (κ1) is 15.4. The Morgan fingerprint density at radius 3 is 1.86 bits per heavy atom. The van der Waals surface area contributed by atoms with E-state index in [1.165, 1.54) is 5.56 Å². The molecule has 0 aromatic heterocycles. The summed E-state index contributed by atoms with van der Waals surface area (Å²) in [5.74, 6) is 1.99. The molecule has 2 aromatic rings. The van der Waals surface area contributed by atoms with Crippen LogP contribution in [0.4, 0.5) is 0 Å². The molecule has 0 aliphatic carbocycles. The summed E-state index contributed by atoms with van der Waals surface area (Å²) in [6, 6.07) is 18.9. The molecule has 3 heteroatoms. The van der Waals surface area contributed by atoms with E-state index in [1.54, 1.807) is 6.08 Å². The fourth-order valence-electron chi connectivity index (χ4n) is 1.95. The van der Waals surface area contributed by atoms with E-state index in [-0.39, 0.29) is 5.57 Å². The van der Waals surface area contributed by atoms with Gasteiger partial charge < -0.3 is 4.74 Å². The molecule has 0 bridgehead atoms. The lowest BCUT2D eigenvalue weighted by molar-refractivity contribution is 0.482. The van der Waals surface area contributed by atoms with E-state index in [2.05, 4.69) is 26.0 Å². The highest BCUT2D eigenvalue weighted by molar-refractivity contribution is 5.62. The zero-order chi connectivity index (χ0) is 15.9. The van der Waals surface area contributed by atoms with Crippen LogP contribution in [0.25, 0.3) is 6.08 Å². The molecule has 0 saturated heterocycles. The molecule has 0 atom stereocenters. The third-order valence-electron chi connectivity index (χ3n) is 3.21. The maximum absolute atomic E-state index is 8.73. The monoisotopic (exact) mass is 288 g/mol. The standard InChI is InChI=1S/C19H16N2O/c1-14(2)17-5-9-19(10-6-17)22-18-7-3-15(4-8-18)11-16(12-20)13-21/h3-11,14H,1-2H3. The Labute approximate surface area is 130 Å². The normalized spacial score (nSPS) is 9.68. The van der Waals surface area contributed by atoms with Crippen LogP contribution in [0.1, 0.15) is 30.9 Å². The number of ether oxygens (including phenoxy) is 1. The predicted octanol–water partition coefficient (Wildman–Crippen LogP) is 5.03. The Bertz CT molecular complexity index is 726. The number of nitrogens with zero attached hydrogens (tertiary/aromatic N) is 2. The maximum Gasteiger partial charge on any atom is 0.130 e. The summed E-state index contributed by atoms with van der Waals surface area (Å²) in [6.45, 7) is 4.30. The summed E-state index contributed by atoms with van der Waals surface area (Å²) in [7, 11) is 0. The minimum Gasteiger partial charge on any atom is -0.457 e. The van der Waals surface area contributed by atoms with Gasteiger partial charge in [0.05, 0.1) is 0 Å². The van der Waals surface area contributed by atoms with Crippen molar-refractivity contribution in [1.29, 1.82) is 10.5 Å². The molecule has 0 unspecified atom stereocenters. The Hall–Kier alpha value is -3.04. The Morgan fingerprint density at radius 1 is 0.909 bits per heavy atom. The van der Waals surface area contributed by atoms with E-state index in [4.69, 9.17) is 15.3 Å². The quantitative estimate of drug-likeness (QED) is 0.741. The lowest BCUT2D eigenvalue weighted by Crippen LogP contribution is -1.88. The Balaban J connectivity index is 2.10. The van der Waals surface area contributed by atoms with Crippen molar-refractivity contribution in [3.8, 4) is 23.6 Å². The largest absolute Gasteiger partial charge is 0.457 e. The molecule has 0 fully saturated rings. The van der Waals surface area contributed by atoms with Crippen molar-refractivity contribution in [2.45, 2.75) is 19.8 Å². The van der Waals surface area contributed by atoms with Crippen molar-refractivity contribution in [2.75, 3.05) is 0 Å². The van der Waals surface area contributed by atoms with Crippen LogP contribution in [0.3, 0.4) is 0 Å². The van der Waals surface area contributed by atoms with E-state index in [0.717, 1.165) is 11.3 Å². The molecule has 22 heavy (non-hydrogen) atoms. The van der Waals surface area contributed by atoms with Crippen molar-refractivity contribution in [1.82, 2.24) is 0 Å². The van der Waals surface area contributed by atoms with Gasteiger partial charge in [-0.3, -0.25) is 0 Å². The van der Waals surface area contributed by atoms with Gasteiger partial charge in [0.15, 0.2) is 0 Å². The summed E-state index contributed by atoms with van der Waals surface area (Å²) in [4.78, 5) is 0. The van der Waals surface area contributed by atoms with E-state index in [1.807, 2.05) is 48.5 Å². The lowest BCUT2D eigenvalue weighted by Gasteiger charge is -2.08. The van der Waals surface area contributed by atoms with Crippen LogP contribution in [0.2, 0.25) is 0 Å². The van der Waals surface area contributed by atoms with Gasteiger partial charge in [-0.25, -0.2) is 0 Å². The highest BCUT2D eigenvalue weighted by Gasteiger charge is 2.01. The second kappa shape index (κ2) is 7.11. The van der Waals surface area contributed by atoms with Crippen LogP contribution in [-0.4, -0.2) is 0 Å². The second-order valence-corrected chi connectivity index (χ2v) is 5.18. The average molecular weight is 288 g/mol. The topological polar surface area (TPSA) is 56.8 Å². The maximum atomic E-state index is 8.73. The van der Waals surface area contributed by atoms with Gasteiger partial charge in [0.1, 0.15) is 29.2 Å². The van der Waals surface area contributed by atoms with E-state index < -0.39 is 0 Å². The molecule has 0 spiro atoms. The molecule has 2 rings (SSSR count). The first-order valence-corrected chi connectivity index (χ1v) is 7.02. The first-order valence-electron chi connectivity index (χ1n) is 7.02. The molecule has 0 saturated carbocycles. The van der Waals surface area contributed by atoms with Crippen LogP contribution in [0, 0.1) is 22.7 Å². The minimum absolute atomic E-state index is 0.0814. The third-order valence-corrected chi connectivity index (χ3v) is 3.21. The van der Waals surface area contributed by atoms with Gasteiger partial charge in [-0.1, -0.05) is 38.1 Å². The summed E-state index contributed by atoms with van der Waals surface area (Å²) in [5.41, 5.74) is 2.15. The Morgan fingerprint density at radius 2 is 1.41 bits per heavy atom. The predicted molar refractivity (Wildman–Crippen MR) is 86.3 cm³/mol. The van der Waals surface area contributed by atoms with Gasteiger partial charge in [-0.05, 0) is 47.4 Å². The SMILES string of the molecule is CC(C)c1ccc(Oc2ccc(C=C(C#N)C#N)cc2)cc1. The highest BCUT2D eigenvalue weighted by Crippen LogP contribution is 2.24. The van der Waals surface area contributed by atoms with Crippen molar-refractivity contribution < 1.29 is 4.74 Å². The molecular formula is C19H16N2O. The summed E-state index contributed by atoms with van der Waals surface area (Å²) >= 11 is 0. The number of hydrogen-bond donors (Lipinski definition) is 0. The van der Waals surface area contributed by atoms with Crippen LogP contribution < -0.4 is 4.74 Å². The van der Waals surface area contributed by atoms with E-state index in [9.17, 15) is 0 Å². The van der Waals surface area contributed by atoms with E-state index in [0.29, 0.717) is 11.7 Å². The van der Waals surface area contributed by atoms with Crippen molar-refractivity contribution >= 4 is 6.08 Å². The van der Waals surface area contributed by atoms with Crippen molar-refractivity contribution in [3.05, 3.63) is 65.2 Å². The van der Waals surface area contributed by atoms with Gasteiger partial charge in [-0.15, -0.1) is 0 Å². The fraction of sp³-hybridized carbons (Fsp3) is 0.158. The molecule has 0 amide bonds. The third kappa shape index (κ3) is 3.98. The molecule has 108 valence electrons. The summed E-state index contributed by atoms with van der Waals surface area (Å²) in [6.07, 6.45) is 1.54. The van der Waals surface area contributed by atoms with Crippen molar-refractivity contribution in [2.24, 2.45) is 0 Å². The summed E-state index contributed by atoms with van der Waals surface area (Å²) < 4.78 is 5.78. The number of nitriles is 2. The second-order valence-electron chi connectivity index (χ2n) is 5.18. The molecule has 0 aliphatic heterocycles. The molecule has 2 aromatic carbocycles. The fourth-order valence-corrected chi connectivity index (χ4v) is 1.95. The van der Waals surface area contributed by atoms with Gasteiger partial charge in [0.25, 0.3) is 0 Å². The van der Waals surface area contributed by atoms with Crippen molar-refractivity contribution in [3.63, 3.8) is 0 Å². The smallest absolute Gasteiger partial charge is 0.130 e. The number of allylic oxidation sites excluding steroid dienone is 1. The summed E-state index contributed by atoms with van der Waals surface area (Å²) in [5, 5.41) is 17.5. The van der Waals surface area contributed by atoms with Gasteiger partial charge >= 0.3 is 0 Å². The molecule has 0 N–H and O–H groups in total. The number of rotatable bonds is 4. The molecule has 0 heterocycles. The van der Waals surface area contributed by atoms with Crippen LogP contribution in [0.15, 0.2) is 54.1 Å². The number of benzene rings is 2. The number of hydrogen-bond acceptors (Lipinski definition) is 3. The Kier molecular flexibility index (Phi) is 4.96. The van der Waals surface area contributed by atoms with Gasteiger partial charge in [0.2, 0.25) is 0 Å². The molecule has 3 nitrogen and oxygen atoms in total. The molecular weight excluding hydrogens is 272 g/mol. The lowest BCUT2D eigenvalue weighted by atomic mass is 10.0. The molecule has 0 radical (unpaired) electrons. The zero-order valence-electron chi connectivity index (χ0n) is 12.6. The average Bonchev–Trinajstić information content (AvgIpc) is 2.54. The molecule has 0 aliphatic rings. The van der Waals surface area contributed by atoms with Gasteiger partial charge in [-0.2, -0.15) is 10.5 Å². The minimum atomic E-state index is 0.0814. The first-order chi connectivity index (χ1) is 10.6. The van der Waals surface area contributed by atoms with Crippen LogP contribution >= 0.6 is 0 Å². The van der Waals surface area contributed by atoms with Crippen LogP contribution in [0.5, 0.6) is 11.5 Å². The van der Waals surface area contributed by atoms with E-state index >= 15 is 0 Å². The highest BCUT2D eigenvalue weighted by atomic mass is 16.5. The van der Waals surface area contributed by atoms with Crippen LogP contribution in [-0.2, 0) is 0 Å².